The third-order valence-corrected chi connectivity index (χ3v) is 4.67. The third kappa shape index (κ3) is 4.24. The number of benzene rings is 1. The number of phenolic OH excluding ortho intramolecular Hbond substituents is 1. The van der Waals surface area contributed by atoms with Gasteiger partial charge in [-0.1, -0.05) is 6.92 Å². The van der Waals surface area contributed by atoms with Gasteiger partial charge in [0.05, 0.1) is 16.0 Å². The van der Waals surface area contributed by atoms with Crippen molar-refractivity contribution in [3.05, 3.63) is 40.8 Å². The van der Waals surface area contributed by atoms with Gasteiger partial charge in [-0.15, -0.1) is 11.3 Å². The van der Waals surface area contributed by atoms with Crippen molar-refractivity contribution in [1.29, 1.82) is 0 Å². The molecule has 138 valence electrons. The van der Waals surface area contributed by atoms with Gasteiger partial charge in [-0.25, -0.2) is 14.4 Å². The van der Waals surface area contributed by atoms with E-state index in [1.54, 1.807) is 6.92 Å². The molecule has 0 radical (unpaired) electrons. The lowest BCUT2D eigenvalue weighted by Gasteiger charge is -2.09. The minimum absolute atomic E-state index is 0.241. The van der Waals surface area contributed by atoms with Crippen LogP contribution >= 0.6 is 11.3 Å². The average Bonchev–Trinajstić information content (AvgIpc) is 2.96. The standard InChI is InChI=1S/C14H11FN4O2S.C3H9N/c1-6-10-13(19-8-3-2-7(15)4-9(8)20)17-5-18-14(10)22-11(6)12(16)21;1-2-3-4/h2-5,20H,1H3,(H2,16,21)(H,17,18,19);2-4H2,1H3. The molecule has 0 saturated heterocycles. The second-order valence-corrected chi connectivity index (χ2v) is 6.40. The van der Waals surface area contributed by atoms with Gasteiger partial charge in [-0.3, -0.25) is 4.79 Å². The molecule has 3 rings (SSSR count). The Balaban J connectivity index is 0.000000552. The van der Waals surface area contributed by atoms with Crippen LogP contribution in [0.5, 0.6) is 5.75 Å². The highest BCUT2D eigenvalue weighted by Crippen LogP contribution is 2.35. The molecule has 6 N–H and O–H groups in total. The van der Waals surface area contributed by atoms with E-state index in [9.17, 15) is 14.3 Å². The van der Waals surface area contributed by atoms with E-state index in [1.165, 1.54) is 29.8 Å². The number of anilines is 2. The highest BCUT2D eigenvalue weighted by Gasteiger charge is 2.18. The Morgan fingerprint density at radius 3 is 2.65 bits per heavy atom. The number of nitrogens with zero attached hydrogens (tertiary/aromatic N) is 2. The van der Waals surface area contributed by atoms with Crippen LogP contribution in [0.2, 0.25) is 0 Å². The van der Waals surface area contributed by atoms with Crippen LogP contribution in [-0.2, 0) is 0 Å². The van der Waals surface area contributed by atoms with Crippen molar-refractivity contribution in [3.8, 4) is 5.75 Å². The predicted molar refractivity (Wildman–Crippen MR) is 101 cm³/mol. The van der Waals surface area contributed by atoms with Gasteiger partial charge < -0.3 is 21.9 Å². The van der Waals surface area contributed by atoms with Crippen LogP contribution in [-0.4, -0.2) is 27.5 Å². The zero-order valence-electron chi connectivity index (χ0n) is 14.4. The maximum atomic E-state index is 13.0. The summed E-state index contributed by atoms with van der Waals surface area (Å²) in [5.41, 5.74) is 11.3. The van der Waals surface area contributed by atoms with E-state index < -0.39 is 11.7 Å². The third-order valence-electron chi connectivity index (χ3n) is 3.45. The van der Waals surface area contributed by atoms with Crippen molar-refractivity contribution >= 4 is 39.0 Å². The fourth-order valence-corrected chi connectivity index (χ4v) is 3.14. The fraction of sp³-hybridized carbons (Fsp3) is 0.235. The first-order chi connectivity index (χ1) is 12.4. The lowest BCUT2D eigenvalue weighted by Crippen LogP contribution is -2.09. The lowest BCUT2D eigenvalue weighted by atomic mass is 10.2. The van der Waals surface area contributed by atoms with E-state index in [4.69, 9.17) is 11.5 Å². The number of phenols is 1. The summed E-state index contributed by atoms with van der Waals surface area (Å²) in [6.07, 6.45) is 2.44. The van der Waals surface area contributed by atoms with E-state index in [0.29, 0.717) is 32.2 Å². The first kappa shape index (κ1) is 19.5. The molecule has 26 heavy (non-hydrogen) atoms. The Morgan fingerprint density at radius 2 is 2.08 bits per heavy atom. The molecule has 9 heteroatoms. The number of nitrogens with two attached hydrogens (primary N) is 2. The van der Waals surface area contributed by atoms with Crippen molar-refractivity contribution in [2.45, 2.75) is 20.3 Å². The minimum atomic E-state index is -0.543. The van der Waals surface area contributed by atoms with Crippen molar-refractivity contribution in [2.24, 2.45) is 11.5 Å². The zero-order valence-corrected chi connectivity index (χ0v) is 15.2. The number of nitrogens with one attached hydrogen (secondary N) is 1. The van der Waals surface area contributed by atoms with E-state index >= 15 is 0 Å². The van der Waals surface area contributed by atoms with Crippen molar-refractivity contribution < 1.29 is 14.3 Å². The number of aromatic nitrogens is 2. The summed E-state index contributed by atoms with van der Waals surface area (Å²) in [6, 6.07) is 3.61. The van der Waals surface area contributed by atoms with Crippen LogP contribution in [0.4, 0.5) is 15.9 Å². The first-order valence-corrected chi connectivity index (χ1v) is 8.70. The number of hydrogen-bond acceptors (Lipinski definition) is 7. The SMILES string of the molecule is CCCN.Cc1c(C(N)=O)sc2ncnc(Nc3ccc(F)cc3O)c12. The molecule has 0 spiro atoms. The summed E-state index contributed by atoms with van der Waals surface area (Å²) >= 11 is 1.18. The highest BCUT2D eigenvalue weighted by atomic mass is 32.1. The number of carbonyl (C=O) groups excluding carboxylic acids is 1. The molecule has 0 aliphatic carbocycles. The Bertz CT molecular complexity index is 927. The summed E-state index contributed by atoms with van der Waals surface area (Å²) in [7, 11) is 0. The number of fused-ring (bicyclic) bond motifs is 1. The molecule has 0 aliphatic rings. The lowest BCUT2D eigenvalue weighted by molar-refractivity contribution is 0.100. The van der Waals surface area contributed by atoms with Crippen LogP contribution in [0.1, 0.15) is 28.6 Å². The minimum Gasteiger partial charge on any atom is -0.506 e. The molecule has 2 heterocycles. The molecule has 0 aliphatic heterocycles. The molecule has 7 nitrogen and oxygen atoms in total. The predicted octanol–water partition coefficient (Wildman–Crippen LogP) is 3.04. The summed E-state index contributed by atoms with van der Waals surface area (Å²) in [6.45, 7) is 4.62. The summed E-state index contributed by atoms with van der Waals surface area (Å²) in [5.74, 6) is -0.905. The topological polar surface area (TPSA) is 127 Å². The normalized spacial score (nSPS) is 10.3. The van der Waals surface area contributed by atoms with Gasteiger partial charge in [-0.2, -0.15) is 0 Å². The Hall–Kier alpha value is -2.78. The number of aryl methyl sites for hydroxylation is 1. The average molecular weight is 377 g/mol. The van der Waals surface area contributed by atoms with Crippen LogP contribution in [0, 0.1) is 12.7 Å². The molecule has 0 unspecified atom stereocenters. The quantitative estimate of drug-likeness (QED) is 0.518. The molecule has 1 aromatic carbocycles. The molecule has 2 aromatic heterocycles. The number of rotatable bonds is 4. The Labute approximate surface area is 153 Å². The monoisotopic (exact) mass is 377 g/mol. The van der Waals surface area contributed by atoms with Gasteiger partial charge >= 0.3 is 0 Å². The van der Waals surface area contributed by atoms with Gasteiger partial charge in [0.25, 0.3) is 5.91 Å². The fourth-order valence-electron chi connectivity index (χ4n) is 2.14. The van der Waals surface area contributed by atoms with Crippen LogP contribution in [0.25, 0.3) is 10.2 Å². The molecule has 1 amide bonds. The van der Waals surface area contributed by atoms with Crippen molar-refractivity contribution in [3.63, 3.8) is 0 Å². The van der Waals surface area contributed by atoms with Crippen LogP contribution < -0.4 is 16.8 Å². The first-order valence-electron chi connectivity index (χ1n) is 7.88. The second-order valence-electron chi connectivity index (χ2n) is 5.40. The van der Waals surface area contributed by atoms with Crippen molar-refractivity contribution in [2.75, 3.05) is 11.9 Å². The van der Waals surface area contributed by atoms with E-state index in [-0.39, 0.29) is 5.75 Å². The highest BCUT2D eigenvalue weighted by molar-refractivity contribution is 7.20. The molecular formula is C17H20FN5O2S. The van der Waals surface area contributed by atoms with E-state index in [1.807, 2.05) is 0 Å². The van der Waals surface area contributed by atoms with Gasteiger partial charge in [-0.05, 0) is 37.6 Å². The zero-order chi connectivity index (χ0) is 19.3. The number of thiophene rings is 1. The number of hydrogen-bond donors (Lipinski definition) is 4. The van der Waals surface area contributed by atoms with Gasteiger partial charge in [0, 0.05) is 6.07 Å². The van der Waals surface area contributed by atoms with Gasteiger partial charge in [0.15, 0.2) is 0 Å². The molecule has 0 atom stereocenters. The summed E-state index contributed by atoms with van der Waals surface area (Å²) in [4.78, 5) is 20.7. The van der Waals surface area contributed by atoms with E-state index in [2.05, 4.69) is 22.2 Å². The van der Waals surface area contributed by atoms with E-state index in [0.717, 1.165) is 19.0 Å². The number of carbonyl (C=O) groups is 1. The number of primary amides is 1. The van der Waals surface area contributed by atoms with Crippen LogP contribution in [0.15, 0.2) is 24.5 Å². The number of aromatic hydroxyl groups is 1. The maximum absolute atomic E-state index is 13.0. The molecule has 0 fully saturated rings. The summed E-state index contributed by atoms with van der Waals surface area (Å²) < 4.78 is 13.0. The van der Waals surface area contributed by atoms with Crippen LogP contribution in [0.3, 0.4) is 0 Å². The number of halogens is 1. The molecular weight excluding hydrogens is 357 g/mol. The molecule has 3 aromatic rings. The van der Waals surface area contributed by atoms with Crippen molar-refractivity contribution in [1.82, 2.24) is 9.97 Å². The second kappa shape index (κ2) is 8.54. The maximum Gasteiger partial charge on any atom is 0.259 e. The van der Waals surface area contributed by atoms with Gasteiger partial charge in [0.1, 0.15) is 28.5 Å². The Kier molecular flexibility index (Phi) is 6.42. The smallest absolute Gasteiger partial charge is 0.259 e. The molecule has 0 bridgehead atoms. The van der Waals surface area contributed by atoms with Gasteiger partial charge in [0.2, 0.25) is 0 Å². The largest absolute Gasteiger partial charge is 0.506 e. The Morgan fingerprint density at radius 1 is 1.38 bits per heavy atom. The molecule has 0 saturated carbocycles. The number of amides is 1. The summed E-state index contributed by atoms with van der Waals surface area (Å²) in [5, 5.41) is 13.3.